The van der Waals surface area contributed by atoms with Gasteiger partial charge < -0.3 is 24.7 Å². The average molecular weight is 309 g/mol. The van der Waals surface area contributed by atoms with E-state index in [-0.39, 0.29) is 12.0 Å². The predicted molar refractivity (Wildman–Crippen MR) is 80.7 cm³/mol. The normalized spacial score (nSPS) is 20.9. The number of rotatable bonds is 4. The summed E-state index contributed by atoms with van der Waals surface area (Å²) in [4.78, 5) is 25.7. The summed E-state index contributed by atoms with van der Waals surface area (Å²) < 4.78 is 12.7. The highest BCUT2D eigenvalue weighted by atomic mass is 16.5. The molecule has 1 aromatic heterocycles. The zero-order chi connectivity index (χ0) is 16.5. The number of carbonyl (C=O) groups excluding carboxylic acids is 2. The Hall–Kier alpha value is -1.86. The molecule has 0 aromatic carbocycles. The monoisotopic (exact) mass is 309 g/mol. The van der Waals surface area contributed by atoms with Crippen molar-refractivity contribution in [2.24, 2.45) is 12.8 Å². The van der Waals surface area contributed by atoms with Gasteiger partial charge >= 0.3 is 0 Å². The van der Waals surface area contributed by atoms with E-state index in [2.05, 4.69) is 0 Å². The molecule has 122 valence electrons. The Bertz CT molecular complexity index is 579. The second-order valence-corrected chi connectivity index (χ2v) is 6.23. The van der Waals surface area contributed by atoms with Crippen molar-refractivity contribution >= 4 is 11.8 Å². The molecule has 0 aliphatic carbocycles. The minimum absolute atomic E-state index is 0.146. The Morgan fingerprint density at radius 1 is 1.50 bits per heavy atom. The molecule has 1 fully saturated rings. The van der Waals surface area contributed by atoms with Crippen molar-refractivity contribution < 1.29 is 19.1 Å². The van der Waals surface area contributed by atoms with Crippen LogP contribution < -0.4 is 5.73 Å². The number of morpholine rings is 1. The maximum Gasteiger partial charge on any atom is 0.270 e. The molecule has 2 heterocycles. The number of aryl methyl sites for hydroxylation is 1. The minimum Gasteiger partial charge on any atom is -0.382 e. The molecular weight excluding hydrogens is 286 g/mol. The Labute approximate surface area is 130 Å². The highest BCUT2D eigenvalue weighted by Gasteiger charge is 2.36. The average Bonchev–Trinajstić information content (AvgIpc) is 2.78. The van der Waals surface area contributed by atoms with E-state index in [4.69, 9.17) is 15.2 Å². The van der Waals surface area contributed by atoms with Crippen molar-refractivity contribution in [2.45, 2.75) is 25.6 Å². The van der Waals surface area contributed by atoms with Crippen molar-refractivity contribution in [1.82, 2.24) is 9.47 Å². The maximum atomic E-state index is 12.8. The lowest BCUT2D eigenvalue weighted by Crippen LogP contribution is -2.55. The van der Waals surface area contributed by atoms with Gasteiger partial charge in [0.25, 0.3) is 5.91 Å². The highest BCUT2D eigenvalue weighted by Crippen LogP contribution is 2.23. The third-order valence-corrected chi connectivity index (χ3v) is 3.63. The lowest BCUT2D eigenvalue weighted by Gasteiger charge is -2.42. The number of ether oxygens (including phenoxy) is 2. The molecule has 1 aromatic rings. The molecule has 7 nitrogen and oxygen atoms in total. The molecule has 2 rings (SSSR count). The van der Waals surface area contributed by atoms with E-state index < -0.39 is 11.5 Å². The summed E-state index contributed by atoms with van der Waals surface area (Å²) in [5.74, 6) is -0.693. The van der Waals surface area contributed by atoms with Crippen LogP contribution in [-0.4, -0.2) is 59.8 Å². The number of amides is 2. The fourth-order valence-corrected chi connectivity index (χ4v) is 2.80. The van der Waals surface area contributed by atoms with Crippen LogP contribution in [0.1, 0.15) is 34.7 Å². The number of hydrogen-bond acceptors (Lipinski definition) is 4. The lowest BCUT2D eigenvalue weighted by atomic mass is 10.0. The van der Waals surface area contributed by atoms with Gasteiger partial charge in [0.15, 0.2) is 0 Å². The fraction of sp³-hybridized carbons (Fsp3) is 0.600. The van der Waals surface area contributed by atoms with E-state index >= 15 is 0 Å². The van der Waals surface area contributed by atoms with Gasteiger partial charge in [-0.2, -0.15) is 0 Å². The van der Waals surface area contributed by atoms with Crippen LogP contribution in [0.15, 0.2) is 12.3 Å². The van der Waals surface area contributed by atoms with E-state index in [1.165, 1.54) is 6.07 Å². The number of hydrogen-bond donors (Lipinski definition) is 1. The number of primary amides is 1. The summed E-state index contributed by atoms with van der Waals surface area (Å²) in [5.41, 5.74) is 5.57. The molecule has 1 aliphatic rings. The Morgan fingerprint density at radius 2 is 2.18 bits per heavy atom. The van der Waals surface area contributed by atoms with Gasteiger partial charge in [0.1, 0.15) is 5.69 Å². The van der Waals surface area contributed by atoms with Gasteiger partial charge in [0, 0.05) is 33.4 Å². The van der Waals surface area contributed by atoms with Crippen molar-refractivity contribution in [1.29, 1.82) is 0 Å². The first kappa shape index (κ1) is 16.5. The van der Waals surface area contributed by atoms with Crippen molar-refractivity contribution in [3.63, 3.8) is 0 Å². The molecule has 0 unspecified atom stereocenters. The molecule has 1 saturated heterocycles. The Morgan fingerprint density at radius 3 is 2.73 bits per heavy atom. The Kier molecular flexibility index (Phi) is 4.58. The van der Waals surface area contributed by atoms with Crippen molar-refractivity contribution in [3.8, 4) is 0 Å². The molecule has 2 N–H and O–H groups in total. The largest absolute Gasteiger partial charge is 0.382 e. The summed E-state index contributed by atoms with van der Waals surface area (Å²) in [5, 5.41) is 0. The van der Waals surface area contributed by atoms with E-state index in [1.807, 2.05) is 13.8 Å². The van der Waals surface area contributed by atoms with E-state index in [0.29, 0.717) is 31.0 Å². The van der Waals surface area contributed by atoms with Crippen LogP contribution in [0.2, 0.25) is 0 Å². The molecule has 0 saturated carbocycles. The first-order chi connectivity index (χ1) is 10.2. The maximum absolute atomic E-state index is 12.8. The zero-order valence-electron chi connectivity index (χ0n) is 13.5. The predicted octanol–water partition coefficient (Wildman–Crippen LogP) is 0.390. The molecule has 7 heteroatoms. The van der Waals surface area contributed by atoms with Gasteiger partial charge in [-0.15, -0.1) is 0 Å². The lowest BCUT2D eigenvalue weighted by molar-refractivity contribution is -0.143. The number of carbonyl (C=O) groups is 2. The molecule has 0 radical (unpaired) electrons. The van der Waals surface area contributed by atoms with Gasteiger partial charge in [0.2, 0.25) is 5.91 Å². The van der Waals surface area contributed by atoms with Gasteiger partial charge in [-0.25, -0.2) is 0 Å². The molecular formula is C15H23N3O4. The second-order valence-electron chi connectivity index (χ2n) is 6.23. The smallest absolute Gasteiger partial charge is 0.270 e. The summed E-state index contributed by atoms with van der Waals surface area (Å²) >= 11 is 0. The van der Waals surface area contributed by atoms with Crippen molar-refractivity contribution in [3.05, 3.63) is 23.5 Å². The van der Waals surface area contributed by atoms with Crippen LogP contribution in [0.5, 0.6) is 0 Å². The molecule has 1 aliphatic heterocycles. The third-order valence-electron chi connectivity index (χ3n) is 3.63. The quantitative estimate of drug-likeness (QED) is 0.871. The van der Waals surface area contributed by atoms with E-state index in [1.54, 1.807) is 29.8 Å². The summed E-state index contributed by atoms with van der Waals surface area (Å²) in [6.07, 6.45) is 1.39. The van der Waals surface area contributed by atoms with Crippen LogP contribution in [0.4, 0.5) is 0 Å². The summed E-state index contributed by atoms with van der Waals surface area (Å²) in [6, 6.07) is 1.53. The van der Waals surface area contributed by atoms with Gasteiger partial charge in [-0.05, 0) is 19.9 Å². The summed E-state index contributed by atoms with van der Waals surface area (Å²) in [7, 11) is 3.32. The van der Waals surface area contributed by atoms with Crippen LogP contribution in [-0.2, 0) is 16.5 Å². The Balaban J connectivity index is 2.22. The first-order valence-electron chi connectivity index (χ1n) is 7.15. The molecule has 1 atom stereocenters. The minimum atomic E-state index is -0.547. The summed E-state index contributed by atoms with van der Waals surface area (Å²) in [6.45, 7) is 5.23. The number of methoxy groups -OCH3 is 1. The number of aromatic nitrogens is 1. The third kappa shape index (κ3) is 3.48. The van der Waals surface area contributed by atoms with Gasteiger partial charge in [-0.1, -0.05) is 0 Å². The van der Waals surface area contributed by atoms with Crippen molar-refractivity contribution in [2.75, 3.05) is 26.8 Å². The fourth-order valence-electron chi connectivity index (χ4n) is 2.80. The van der Waals surface area contributed by atoms with Crippen LogP contribution in [0, 0.1) is 0 Å². The number of nitrogens with zero attached hydrogens (tertiary/aromatic N) is 2. The molecule has 22 heavy (non-hydrogen) atoms. The standard InChI is InChI=1S/C15H23N3O4/c1-15(2)9-18(7-11(22-15)8-21-4)14(20)12-5-10(13(16)19)6-17(12)3/h5-6,11H,7-9H2,1-4H3,(H2,16,19)/t11-/m0/s1. The van der Waals surface area contributed by atoms with Crippen LogP contribution in [0.25, 0.3) is 0 Å². The SMILES string of the molecule is COC[C@@H]1CN(C(=O)c2cc(C(N)=O)cn2C)CC(C)(C)O1. The second kappa shape index (κ2) is 6.10. The van der Waals surface area contributed by atoms with Gasteiger partial charge in [-0.3, -0.25) is 9.59 Å². The van der Waals surface area contributed by atoms with Gasteiger partial charge in [0.05, 0.1) is 23.9 Å². The van der Waals surface area contributed by atoms with E-state index in [9.17, 15) is 9.59 Å². The number of nitrogens with two attached hydrogens (primary N) is 1. The molecule has 0 spiro atoms. The highest BCUT2D eigenvalue weighted by molar-refractivity contribution is 5.98. The van der Waals surface area contributed by atoms with Crippen LogP contribution in [0.3, 0.4) is 0 Å². The first-order valence-corrected chi connectivity index (χ1v) is 7.15. The zero-order valence-corrected chi connectivity index (χ0v) is 13.5. The molecule has 0 bridgehead atoms. The topological polar surface area (TPSA) is 86.8 Å². The molecule has 2 amide bonds. The van der Waals surface area contributed by atoms with Crippen LogP contribution >= 0.6 is 0 Å². The van der Waals surface area contributed by atoms with E-state index in [0.717, 1.165) is 0 Å².